The second-order valence-corrected chi connectivity index (χ2v) is 10.6. The van der Waals surface area contributed by atoms with Gasteiger partial charge in [0, 0.05) is 29.5 Å². The van der Waals surface area contributed by atoms with E-state index in [0.29, 0.717) is 11.1 Å². The Hall–Kier alpha value is -4.99. The van der Waals surface area contributed by atoms with Crippen molar-refractivity contribution in [3.8, 4) is 11.5 Å². The molecule has 1 heterocycles. The summed E-state index contributed by atoms with van der Waals surface area (Å²) in [7, 11) is 0. The summed E-state index contributed by atoms with van der Waals surface area (Å²) in [5, 5.41) is 9.69. The van der Waals surface area contributed by atoms with Gasteiger partial charge in [0.25, 0.3) is 0 Å². The number of benzene rings is 3. The molecule has 3 N–H and O–H groups in total. The Morgan fingerprint density at radius 2 is 1.32 bits per heavy atom. The summed E-state index contributed by atoms with van der Waals surface area (Å²) in [6, 6.07) is 20.7. The van der Waals surface area contributed by atoms with Gasteiger partial charge in [-0.15, -0.1) is 0 Å². The molecule has 0 saturated carbocycles. The average Bonchev–Trinajstić information content (AvgIpc) is 3.31. The number of hydrogen-bond donors (Lipinski definition) is 2. The molecular weight excluding hydrogens is 530 g/mol. The van der Waals surface area contributed by atoms with Crippen LogP contribution in [0.15, 0.2) is 72.8 Å². The molecule has 41 heavy (non-hydrogen) atoms. The molecule has 1 aliphatic heterocycles. The van der Waals surface area contributed by atoms with Gasteiger partial charge in [-0.25, -0.2) is 4.79 Å². The number of ketones is 2. The number of carbonyl (C=O) groups is 5. The van der Waals surface area contributed by atoms with Crippen molar-refractivity contribution >= 4 is 29.4 Å². The van der Waals surface area contributed by atoms with Gasteiger partial charge >= 0.3 is 17.7 Å². The number of fused-ring (bicyclic) bond motifs is 1. The van der Waals surface area contributed by atoms with E-state index >= 15 is 0 Å². The highest BCUT2D eigenvalue weighted by molar-refractivity contribution is 6.34. The zero-order valence-electron chi connectivity index (χ0n) is 22.7. The summed E-state index contributed by atoms with van der Waals surface area (Å²) in [6.07, 6.45) is -1.45. The highest BCUT2D eigenvalue weighted by Gasteiger charge is 2.46. The van der Waals surface area contributed by atoms with Gasteiger partial charge in [-0.05, 0) is 32.9 Å². The lowest BCUT2D eigenvalue weighted by Gasteiger charge is -2.28. The van der Waals surface area contributed by atoms with Gasteiger partial charge in [0.15, 0.2) is 17.3 Å². The first-order valence-corrected chi connectivity index (χ1v) is 12.8. The number of esters is 1. The van der Waals surface area contributed by atoms with Crippen LogP contribution in [0.4, 0.5) is 0 Å². The van der Waals surface area contributed by atoms with Gasteiger partial charge < -0.3 is 25.1 Å². The molecule has 3 aromatic rings. The molecule has 10 nitrogen and oxygen atoms in total. The van der Waals surface area contributed by atoms with E-state index in [0.717, 1.165) is 0 Å². The largest absolute Gasteiger partial charge is 0.481 e. The second-order valence-electron chi connectivity index (χ2n) is 10.6. The second kappa shape index (κ2) is 11.2. The first-order valence-electron chi connectivity index (χ1n) is 12.8. The van der Waals surface area contributed by atoms with Gasteiger partial charge in [0.05, 0.1) is 11.5 Å². The van der Waals surface area contributed by atoms with Crippen molar-refractivity contribution in [2.75, 3.05) is 0 Å². The summed E-state index contributed by atoms with van der Waals surface area (Å²) in [6.45, 7) is 4.68. The number of carboxylic acid groups (broad SMARTS) is 1. The minimum Gasteiger partial charge on any atom is -0.481 e. The number of carbonyl (C=O) groups excluding carboxylic acids is 4. The first-order chi connectivity index (χ1) is 19.3. The van der Waals surface area contributed by atoms with E-state index in [4.69, 9.17) is 19.9 Å². The van der Waals surface area contributed by atoms with Crippen LogP contribution in [0, 0.1) is 5.92 Å². The molecule has 0 bridgehead atoms. The van der Waals surface area contributed by atoms with Gasteiger partial charge in [0.2, 0.25) is 11.7 Å². The Morgan fingerprint density at radius 1 is 0.829 bits per heavy atom. The van der Waals surface area contributed by atoms with Crippen LogP contribution in [-0.2, 0) is 24.9 Å². The smallest absolute Gasteiger partial charge is 0.375 e. The zero-order chi connectivity index (χ0) is 29.9. The van der Waals surface area contributed by atoms with Crippen LogP contribution < -0.4 is 15.2 Å². The molecule has 0 radical (unpaired) electrons. The summed E-state index contributed by atoms with van der Waals surface area (Å²) < 4.78 is 17.6. The molecular formula is C31H29NO9. The molecule has 0 saturated heterocycles. The molecule has 0 fully saturated rings. The number of primary amides is 1. The molecule has 0 unspecified atom stereocenters. The maximum Gasteiger partial charge on any atom is 0.375 e. The molecule has 10 heteroatoms. The van der Waals surface area contributed by atoms with Crippen LogP contribution >= 0.6 is 0 Å². The van der Waals surface area contributed by atoms with Gasteiger partial charge in [0.1, 0.15) is 5.60 Å². The Bertz CT molecular complexity index is 1470. The molecule has 1 atom stereocenters. The van der Waals surface area contributed by atoms with E-state index in [1.807, 2.05) is 36.4 Å². The Kier molecular flexibility index (Phi) is 7.95. The predicted octanol–water partition coefficient (Wildman–Crippen LogP) is 4.03. The van der Waals surface area contributed by atoms with Crippen LogP contribution in [0.25, 0.3) is 0 Å². The third kappa shape index (κ3) is 6.27. The number of amides is 1. The third-order valence-electron chi connectivity index (χ3n) is 6.30. The number of rotatable bonds is 10. The molecule has 3 aromatic carbocycles. The molecule has 1 aliphatic rings. The lowest BCUT2D eigenvalue weighted by Crippen LogP contribution is -2.36. The first kappa shape index (κ1) is 29.0. The SMILES string of the molecule is CC(C)(C)OC(=O)C(=O)C[C@H](CC(=O)c1cc2c(cc1C(N)=O)OC(c1ccccc1)(c1ccccc1)O2)C(=O)O. The fourth-order valence-corrected chi connectivity index (χ4v) is 4.42. The molecule has 0 spiro atoms. The highest BCUT2D eigenvalue weighted by atomic mass is 16.7. The number of carboxylic acids is 1. The van der Waals surface area contributed by atoms with Crippen LogP contribution in [0.5, 0.6) is 11.5 Å². The van der Waals surface area contributed by atoms with Crippen LogP contribution in [0.3, 0.4) is 0 Å². The predicted molar refractivity (Wildman–Crippen MR) is 145 cm³/mol. The summed E-state index contributed by atoms with van der Waals surface area (Å²) in [5.74, 6) is -8.21. The Balaban J connectivity index is 1.67. The van der Waals surface area contributed by atoms with Crippen molar-refractivity contribution < 1.29 is 43.3 Å². The summed E-state index contributed by atoms with van der Waals surface area (Å²) in [4.78, 5) is 62.1. The van der Waals surface area contributed by atoms with Gasteiger partial charge in [-0.2, -0.15) is 0 Å². The van der Waals surface area contributed by atoms with E-state index in [1.165, 1.54) is 12.1 Å². The third-order valence-corrected chi connectivity index (χ3v) is 6.30. The minimum absolute atomic E-state index is 0.128. The van der Waals surface area contributed by atoms with Crippen molar-refractivity contribution in [3.05, 3.63) is 95.1 Å². The lowest BCUT2D eigenvalue weighted by molar-refractivity contribution is -0.163. The molecule has 212 valence electrons. The van der Waals surface area contributed by atoms with E-state index in [9.17, 15) is 29.1 Å². The van der Waals surface area contributed by atoms with Crippen molar-refractivity contribution in [3.63, 3.8) is 0 Å². The van der Waals surface area contributed by atoms with Gasteiger partial charge in [-0.3, -0.25) is 19.2 Å². The average molecular weight is 560 g/mol. The van der Waals surface area contributed by atoms with Crippen molar-refractivity contribution in [2.24, 2.45) is 11.7 Å². The van der Waals surface area contributed by atoms with Crippen LogP contribution in [-0.4, -0.2) is 40.1 Å². The van der Waals surface area contributed by atoms with Gasteiger partial charge in [-0.1, -0.05) is 60.7 Å². The van der Waals surface area contributed by atoms with Crippen molar-refractivity contribution in [1.82, 2.24) is 0 Å². The maximum absolute atomic E-state index is 13.4. The fourth-order valence-electron chi connectivity index (χ4n) is 4.42. The summed E-state index contributed by atoms with van der Waals surface area (Å²) >= 11 is 0. The number of hydrogen-bond acceptors (Lipinski definition) is 8. The van der Waals surface area contributed by atoms with E-state index in [2.05, 4.69) is 0 Å². The maximum atomic E-state index is 13.4. The van der Waals surface area contributed by atoms with Crippen molar-refractivity contribution in [2.45, 2.75) is 45.0 Å². The zero-order valence-corrected chi connectivity index (χ0v) is 22.7. The Morgan fingerprint density at radius 3 is 1.76 bits per heavy atom. The fraction of sp³-hybridized carbons (Fsp3) is 0.258. The quantitative estimate of drug-likeness (QED) is 0.212. The van der Waals surface area contributed by atoms with Crippen LogP contribution in [0.1, 0.15) is 65.5 Å². The Labute approximate surface area is 236 Å². The normalized spacial score (nSPS) is 14.1. The molecule has 1 amide bonds. The molecule has 4 rings (SSSR count). The van der Waals surface area contributed by atoms with E-state index in [-0.39, 0.29) is 22.6 Å². The number of Topliss-reactive ketones (excluding diaryl/α,β-unsaturated/α-hetero) is 2. The lowest BCUT2D eigenvalue weighted by atomic mass is 9.91. The minimum atomic E-state index is -1.55. The molecule has 0 aromatic heterocycles. The van der Waals surface area contributed by atoms with E-state index in [1.54, 1.807) is 45.0 Å². The monoisotopic (exact) mass is 559 g/mol. The van der Waals surface area contributed by atoms with E-state index < -0.39 is 59.6 Å². The standard InChI is InChI=1S/C31H29NO9/c1-30(2,3)41-29(38)24(34)15-18(28(36)37)14-23(33)21-16-25-26(17-22(21)27(32)35)40-31(39-25,19-10-6-4-7-11-19)20-12-8-5-9-13-20/h4-13,16-18H,14-15H2,1-3H3,(H2,32,35)(H,36,37)/t18-/m0/s1. The van der Waals surface area contributed by atoms with Crippen LogP contribution in [0.2, 0.25) is 0 Å². The topological polar surface area (TPSA) is 159 Å². The van der Waals surface area contributed by atoms with Crippen molar-refractivity contribution in [1.29, 1.82) is 0 Å². The highest BCUT2D eigenvalue weighted by Crippen LogP contribution is 2.48. The number of aliphatic carboxylic acids is 1. The number of nitrogens with two attached hydrogens (primary N) is 1. The molecule has 0 aliphatic carbocycles. The number of ether oxygens (including phenoxy) is 3. The summed E-state index contributed by atoms with van der Waals surface area (Å²) in [5.41, 5.74) is 5.50.